The van der Waals surface area contributed by atoms with Gasteiger partial charge in [-0.05, 0) is 25.7 Å². The highest BCUT2D eigenvalue weighted by Gasteiger charge is 2.25. The summed E-state index contributed by atoms with van der Waals surface area (Å²) in [6.45, 7) is 1.47. The lowest BCUT2D eigenvalue weighted by molar-refractivity contribution is -0.121. The second-order valence-corrected chi connectivity index (χ2v) is 4.77. The van der Waals surface area contributed by atoms with Gasteiger partial charge in [-0.15, -0.1) is 0 Å². The number of hydrogen-bond donors (Lipinski definition) is 2. The lowest BCUT2D eigenvalue weighted by Gasteiger charge is -2.14. The minimum atomic E-state index is -0.405. The van der Waals surface area contributed by atoms with E-state index in [4.69, 9.17) is 10.00 Å². The van der Waals surface area contributed by atoms with Crippen molar-refractivity contribution in [2.24, 2.45) is 0 Å². The lowest BCUT2D eigenvalue weighted by Crippen LogP contribution is -2.39. The standard InChI is InChI=1S/C12H19N3O2/c13-7-10(6-12(16)15-9-3-4-9)14-8-11-2-1-5-17-11/h9-11,14H,1-6,8H2,(H,15,16). The summed E-state index contributed by atoms with van der Waals surface area (Å²) < 4.78 is 5.45. The first-order valence-corrected chi connectivity index (χ1v) is 6.32. The first-order valence-electron chi connectivity index (χ1n) is 6.32. The fourth-order valence-electron chi connectivity index (χ4n) is 1.94. The van der Waals surface area contributed by atoms with Gasteiger partial charge in [-0.2, -0.15) is 5.26 Å². The highest BCUT2D eigenvalue weighted by atomic mass is 16.5. The van der Waals surface area contributed by atoms with E-state index in [0.717, 1.165) is 32.3 Å². The van der Waals surface area contributed by atoms with Crippen LogP contribution in [0.25, 0.3) is 0 Å². The van der Waals surface area contributed by atoms with Crippen molar-refractivity contribution in [1.29, 1.82) is 5.26 Å². The molecule has 0 aromatic heterocycles. The predicted octanol–water partition coefficient (Wildman–Crippen LogP) is 0.316. The Balaban J connectivity index is 1.64. The molecule has 0 aromatic rings. The van der Waals surface area contributed by atoms with Crippen LogP contribution in [0.2, 0.25) is 0 Å². The number of nitrogens with one attached hydrogen (secondary N) is 2. The zero-order chi connectivity index (χ0) is 12.1. The van der Waals surface area contributed by atoms with Crippen LogP contribution in [0.5, 0.6) is 0 Å². The van der Waals surface area contributed by atoms with Crippen molar-refractivity contribution in [3.05, 3.63) is 0 Å². The van der Waals surface area contributed by atoms with Crippen molar-refractivity contribution >= 4 is 5.91 Å². The third-order valence-corrected chi connectivity index (χ3v) is 3.10. The smallest absolute Gasteiger partial charge is 0.222 e. The molecule has 2 atom stereocenters. The molecule has 2 fully saturated rings. The zero-order valence-electron chi connectivity index (χ0n) is 9.95. The van der Waals surface area contributed by atoms with Gasteiger partial charge in [0, 0.05) is 19.2 Å². The Labute approximate surface area is 102 Å². The predicted molar refractivity (Wildman–Crippen MR) is 62.2 cm³/mol. The maximum absolute atomic E-state index is 11.5. The van der Waals surface area contributed by atoms with Crippen molar-refractivity contribution in [1.82, 2.24) is 10.6 Å². The minimum Gasteiger partial charge on any atom is -0.377 e. The highest BCUT2D eigenvalue weighted by Crippen LogP contribution is 2.18. The normalized spacial score (nSPS) is 25.2. The van der Waals surface area contributed by atoms with Gasteiger partial charge >= 0.3 is 0 Å². The number of rotatable bonds is 6. The first-order chi connectivity index (χ1) is 8.28. The summed E-state index contributed by atoms with van der Waals surface area (Å²) in [6.07, 6.45) is 4.72. The summed E-state index contributed by atoms with van der Waals surface area (Å²) in [6, 6.07) is 2.08. The zero-order valence-corrected chi connectivity index (χ0v) is 9.95. The molecule has 0 aromatic carbocycles. The van der Waals surface area contributed by atoms with E-state index < -0.39 is 6.04 Å². The summed E-state index contributed by atoms with van der Waals surface area (Å²) in [4.78, 5) is 11.5. The van der Waals surface area contributed by atoms with E-state index in [1.807, 2.05) is 0 Å². The molecule has 0 bridgehead atoms. The quantitative estimate of drug-likeness (QED) is 0.697. The molecule has 2 N–H and O–H groups in total. The van der Waals surface area contributed by atoms with Gasteiger partial charge in [0.05, 0.1) is 18.6 Å². The van der Waals surface area contributed by atoms with Crippen molar-refractivity contribution in [3.8, 4) is 6.07 Å². The summed E-state index contributed by atoms with van der Waals surface area (Å²) in [5.41, 5.74) is 0. The Hall–Kier alpha value is -1.12. The topological polar surface area (TPSA) is 74.2 Å². The van der Waals surface area contributed by atoms with E-state index in [9.17, 15) is 4.79 Å². The molecule has 1 saturated carbocycles. The number of carbonyl (C=O) groups is 1. The largest absolute Gasteiger partial charge is 0.377 e. The highest BCUT2D eigenvalue weighted by molar-refractivity contribution is 5.77. The molecule has 1 aliphatic carbocycles. The van der Waals surface area contributed by atoms with Crippen LogP contribution >= 0.6 is 0 Å². The third-order valence-electron chi connectivity index (χ3n) is 3.10. The molecule has 0 radical (unpaired) electrons. The average molecular weight is 237 g/mol. The molecule has 17 heavy (non-hydrogen) atoms. The van der Waals surface area contributed by atoms with E-state index in [2.05, 4.69) is 16.7 Å². The number of hydrogen-bond acceptors (Lipinski definition) is 4. The van der Waals surface area contributed by atoms with Crippen LogP contribution < -0.4 is 10.6 Å². The van der Waals surface area contributed by atoms with Gasteiger partial charge in [-0.1, -0.05) is 0 Å². The maximum Gasteiger partial charge on any atom is 0.222 e. The number of ether oxygens (including phenoxy) is 1. The molecule has 5 heteroatoms. The second-order valence-electron chi connectivity index (χ2n) is 4.77. The van der Waals surface area contributed by atoms with Gasteiger partial charge in [-0.3, -0.25) is 10.1 Å². The lowest BCUT2D eigenvalue weighted by atomic mass is 10.2. The molecule has 94 valence electrons. The number of nitriles is 1. The molecule has 2 rings (SSSR count). The summed E-state index contributed by atoms with van der Waals surface area (Å²) in [5.74, 6) is -0.0288. The Morgan fingerprint density at radius 1 is 1.47 bits per heavy atom. The molecule has 1 saturated heterocycles. The molecule has 1 amide bonds. The Kier molecular flexibility index (Phi) is 4.35. The van der Waals surface area contributed by atoms with Crippen molar-refractivity contribution in [3.63, 3.8) is 0 Å². The summed E-state index contributed by atoms with van der Waals surface area (Å²) >= 11 is 0. The average Bonchev–Trinajstić information content (AvgIpc) is 2.97. The Morgan fingerprint density at radius 2 is 2.29 bits per heavy atom. The Bertz CT molecular complexity index is 303. The summed E-state index contributed by atoms with van der Waals surface area (Å²) in [5, 5.41) is 14.9. The van der Waals surface area contributed by atoms with Crippen molar-refractivity contribution in [2.45, 2.75) is 50.3 Å². The van der Waals surface area contributed by atoms with Gasteiger partial charge in [-0.25, -0.2) is 0 Å². The maximum atomic E-state index is 11.5. The second kappa shape index (κ2) is 5.99. The van der Waals surface area contributed by atoms with E-state index in [1.54, 1.807) is 0 Å². The first kappa shape index (κ1) is 12.3. The molecule has 5 nitrogen and oxygen atoms in total. The van der Waals surface area contributed by atoms with Gasteiger partial charge < -0.3 is 10.1 Å². The number of amides is 1. The van der Waals surface area contributed by atoms with E-state index in [1.165, 1.54) is 0 Å². The SMILES string of the molecule is N#CC(CC(=O)NC1CC1)NCC1CCCO1. The van der Waals surface area contributed by atoms with Gasteiger partial charge in [0.2, 0.25) is 5.91 Å². The van der Waals surface area contributed by atoms with Crippen LogP contribution in [-0.2, 0) is 9.53 Å². The van der Waals surface area contributed by atoms with Crippen molar-refractivity contribution in [2.75, 3.05) is 13.2 Å². The van der Waals surface area contributed by atoms with E-state index in [0.29, 0.717) is 12.6 Å². The third kappa shape index (κ3) is 4.33. The molecule has 1 heterocycles. The fraction of sp³-hybridized carbons (Fsp3) is 0.833. The number of nitrogens with zero attached hydrogens (tertiary/aromatic N) is 1. The summed E-state index contributed by atoms with van der Waals surface area (Å²) in [7, 11) is 0. The molecule has 2 aliphatic rings. The van der Waals surface area contributed by atoms with Crippen LogP contribution in [0, 0.1) is 11.3 Å². The van der Waals surface area contributed by atoms with E-state index in [-0.39, 0.29) is 18.4 Å². The Morgan fingerprint density at radius 3 is 2.88 bits per heavy atom. The fourth-order valence-corrected chi connectivity index (χ4v) is 1.94. The van der Waals surface area contributed by atoms with Crippen LogP contribution in [0.4, 0.5) is 0 Å². The van der Waals surface area contributed by atoms with Crippen molar-refractivity contribution < 1.29 is 9.53 Å². The van der Waals surface area contributed by atoms with Gasteiger partial charge in [0.15, 0.2) is 0 Å². The monoisotopic (exact) mass is 237 g/mol. The van der Waals surface area contributed by atoms with Crippen LogP contribution in [0.15, 0.2) is 0 Å². The minimum absolute atomic E-state index is 0.0288. The van der Waals surface area contributed by atoms with Crippen LogP contribution in [0.1, 0.15) is 32.1 Å². The molecule has 0 spiro atoms. The van der Waals surface area contributed by atoms with Crippen LogP contribution in [-0.4, -0.2) is 37.2 Å². The van der Waals surface area contributed by atoms with Gasteiger partial charge in [0.25, 0.3) is 0 Å². The van der Waals surface area contributed by atoms with Gasteiger partial charge in [0.1, 0.15) is 6.04 Å². The molecule has 2 unspecified atom stereocenters. The van der Waals surface area contributed by atoms with Crippen LogP contribution in [0.3, 0.4) is 0 Å². The number of carbonyl (C=O) groups excluding carboxylic acids is 1. The molecular formula is C12H19N3O2. The van der Waals surface area contributed by atoms with E-state index >= 15 is 0 Å². The molecular weight excluding hydrogens is 218 g/mol. The molecule has 1 aliphatic heterocycles.